The second kappa shape index (κ2) is 9.76. The first-order valence-electron chi connectivity index (χ1n) is 11.2. The number of hydrogen-bond donors (Lipinski definition) is 1. The van der Waals surface area contributed by atoms with Gasteiger partial charge in [-0.05, 0) is 55.7 Å². The fourth-order valence-electron chi connectivity index (χ4n) is 4.20. The van der Waals surface area contributed by atoms with Crippen molar-refractivity contribution in [1.29, 1.82) is 0 Å². The number of carbonyl (C=O) groups excluding carboxylic acids is 1. The maximum Gasteiger partial charge on any atom is 0.234 e. The molecule has 1 N–H and O–H groups in total. The van der Waals surface area contributed by atoms with Crippen LogP contribution in [-0.4, -0.2) is 47.8 Å². The molecule has 0 bridgehead atoms. The molecule has 5 rings (SSSR count). The second-order valence-corrected chi connectivity index (χ2v) is 9.29. The van der Waals surface area contributed by atoms with E-state index in [9.17, 15) is 4.79 Å². The van der Waals surface area contributed by atoms with E-state index < -0.39 is 0 Å². The number of benzene rings is 2. The van der Waals surface area contributed by atoms with Crippen molar-refractivity contribution in [3.63, 3.8) is 0 Å². The number of pyridine rings is 1. The number of para-hydroxylation sites is 1. The van der Waals surface area contributed by atoms with Crippen LogP contribution in [0.15, 0.2) is 65.1 Å². The Morgan fingerprint density at radius 2 is 1.97 bits per heavy atom. The number of nitrogens with zero attached hydrogens (tertiary/aromatic N) is 2. The maximum atomic E-state index is 11.5. The molecule has 2 aromatic carbocycles. The minimum atomic E-state index is 0.0595. The average Bonchev–Trinajstić information content (AvgIpc) is 2.83. The number of piperidine rings is 1. The Morgan fingerprint density at radius 3 is 2.88 bits per heavy atom. The third kappa shape index (κ3) is 5.14. The molecule has 5 nitrogen and oxygen atoms in total. The molecule has 0 radical (unpaired) electrons. The van der Waals surface area contributed by atoms with Gasteiger partial charge in [0.15, 0.2) is 0 Å². The van der Waals surface area contributed by atoms with E-state index in [0.29, 0.717) is 12.4 Å². The third-order valence-electron chi connectivity index (χ3n) is 5.94. The predicted molar refractivity (Wildman–Crippen MR) is 131 cm³/mol. The van der Waals surface area contributed by atoms with E-state index in [1.54, 1.807) is 11.8 Å². The zero-order valence-corrected chi connectivity index (χ0v) is 18.9. The highest BCUT2D eigenvalue weighted by atomic mass is 32.2. The predicted octanol–water partition coefficient (Wildman–Crippen LogP) is 5.23. The van der Waals surface area contributed by atoms with Crippen LogP contribution in [0.3, 0.4) is 0 Å². The van der Waals surface area contributed by atoms with E-state index in [2.05, 4.69) is 46.6 Å². The lowest BCUT2D eigenvalue weighted by Crippen LogP contribution is -2.32. The number of fused-ring (bicyclic) bond motifs is 2. The van der Waals surface area contributed by atoms with Gasteiger partial charge in [-0.25, -0.2) is 4.98 Å². The number of aromatic nitrogens is 1. The summed E-state index contributed by atoms with van der Waals surface area (Å²) in [5, 5.41) is 4.08. The van der Waals surface area contributed by atoms with Crippen molar-refractivity contribution in [3.05, 3.63) is 65.9 Å². The zero-order chi connectivity index (χ0) is 21.8. The molecule has 1 amide bonds. The summed E-state index contributed by atoms with van der Waals surface area (Å²) in [5.74, 6) is 1.40. The van der Waals surface area contributed by atoms with Crippen molar-refractivity contribution in [2.75, 3.05) is 37.3 Å². The van der Waals surface area contributed by atoms with Crippen LogP contribution < -0.4 is 10.1 Å². The van der Waals surface area contributed by atoms with Crippen LogP contribution in [-0.2, 0) is 4.79 Å². The molecule has 1 aromatic heterocycles. The van der Waals surface area contributed by atoms with Crippen LogP contribution in [0, 0.1) is 0 Å². The summed E-state index contributed by atoms with van der Waals surface area (Å²) in [6.07, 6.45) is 5.47. The number of hydrogen-bond acceptors (Lipinski definition) is 5. The molecule has 0 saturated carbocycles. The van der Waals surface area contributed by atoms with E-state index in [1.807, 2.05) is 24.3 Å². The topological polar surface area (TPSA) is 54.5 Å². The monoisotopic (exact) mass is 445 g/mol. The van der Waals surface area contributed by atoms with Gasteiger partial charge >= 0.3 is 0 Å². The average molecular weight is 446 g/mol. The Hall–Kier alpha value is -2.83. The normalized spacial score (nSPS) is 16.5. The van der Waals surface area contributed by atoms with Gasteiger partial charge in [0.05, 0.1) is 29.3 Å². The van der Waals surface area contributed by atoms with Gasteiger partial charge in [0.1, 0.15) is 5.75 Å². The largest absolute Gasteiger partial charge is 0.494 e. The van der Waals surface area contributed by atoms with Crippen LogP contribution in [0.5, 0.6) is 5.75 Å². The highest BCUT2D eigenvalue weighted by molar-refractivity contribution is 8.00. The summed E-state index contributed by atoms with van der Waals surface area (Å²) in [7, 11) is 0. The van der Waals surface area contributed by atoms with E-state index in [1.165, 1.54) is 11.0 Å². The van der Waals surface area contributed by atoms with E-state index in [-0.39, 0.29) is 5.91 Å². The van der Waals surface area contributed by atoms with Gasteiger partial charge in [-0.3, -0.25) is 4.79 Å². The number of carbonyl (C=O) groups is 1. The fourth-order valence-corrected chi connectivity index (χ4v) is 5.04. The quantitative estimate of drug-likeness (QED) is 0.527. The van der Waals surface area contributed by atoms with Crippen molar-refractivity contribution in [2.24, 2.45) is 0 Å². The molecular formula is C26H27N3O2S. The maximum absolute atomic E-state index is 11.5. The van der Waals surface area contributed by atoms with Gasteiger partial charge in [-0.2, -0.15) is 0 Å². The third-order valence-corrected chi connectivity index (χ3v) is 7.00. The van der Waals surface area contributed by atoms with Gasteiger partial charge in [0.25, 0.3) is 0 Å². The first-order valence-corrected chi connectivity index (χ1v) is 12.2. The molecule has 3 aromatic rings. The van der Waals surface area contributed by atoms with Gasteiger partial charge in [0.2, 0.25) is 5.91 Å². The lowest BCUT2D eigenvalue weighted by molar-refractivity contribution is -0.113. The van der Waals surface area contributed by atoms with Gasteiger partial charge in [-0.1, -0.05) is 29.8 Å². The second-order valence-electron chi connectivity index (χ2n) is 8.27. The van der Waals surface area contributed by atoms with Crippen molar-refractivity contribution < 1.29 is 9.53 Å². The van der Waals surface area contributed by atoms with Crippen molar-refractivity contribution in [1.82, 2.24) is 9.88 Å². The highest BCUT2D eigenvalue weighted by Gasteiger charge is 2.16. The molecular weight excluding hydrogens is 418 g/mol. The number of ether oxygens (including phenoxy) is 1. The van der Waals surface area contributed by atoms with Gasteiger partial charge in [-0.15, -0.1) is 11.8 Å². The Morgan fingerprint density at radius 1 is 1.09 bits per heavy atom. The summed E-state index contributed by atoms with van der Waals surface area (Å²) in [6, 6.07) is 18.4. The number of anilines is 1. The van der Waals surface area contributed by atoms with Gasteiger partial charge in [0, 0.05) is 29.9 Å². The van der Waals surface area contributed by atoms with Crippen LogP contribution in [0.25, 0.3) is 17.0 Å². The smallest absolute Gasteiger partial charge is 0.234 e. The number of likely N-dealkylation sites (tertiary alicyclic amines) is 1. The Balaban J connectivity index is 1.06. The summed E-state index contributed by atoms with van der Waals surface area (Å²) < 4.78 is 5.95. The van der Waals surface area contributed by atoms with Gasteiger partial charge < -0.3 is 15.0 Å². The van der Waals surface area contributed by atoms with E-state index in [4.69, 9.17) is 9.72 Å². The van der Waals surface area contributed by atoms with Crippen molar-refractivity contribution >= 4 is 40.3 Å². The van der Waals surface area contributed by atoms with E-state index in [0.717, 1.165) is 66.4 Å². The SMILES string of the molecule is O=C1CSc2cc(OCCCN3CCC(=Cc4ccc5ccccc5n4)CC3)ccc2N1. The minimum Gasteiger partial charge on any atom is -0.494 e. The van der Waals surface area contributed by atoms with Crippen LogP contribution in [0.2, 0.25) is 0 Å². The lowest BCUT2D eigenvalue weighted by Gasteiger charge is -2.28. The van der Waals surface area contributed by atoms with Crippen molar-refractivity contribution in [2.45, 2.75) is 24.2 Å². The summed E-state index contributed by atoms with van der Waals surface area (Å²) in [4.78, 5) is 19.8. The molecule has 2 aliphatic rings. The first kappa shape index (κ1) is 21.0. The molecule has 0 unspecified atom stereocenters. The fraction of sp³-hybridized carbons (Fsp3) is 0.308. The Bertz CT molecular complexity index is 1150. The molecule has 1 saturated heterocycles. The number of nitrogens with one attached hydrogen (secondary N) is 1. The summed E-state index contributed by atoms with van der Waals surface area (Å²) in [6.45, 7) is 3.94. The molecule has 164 valence electrons. The highest BCUT2D eigenvalue weighted by Crippen LogP contribution is 2.34. The summed E-state index contributed by atoms with van der Waals surface area (Å²) >= 11 is 1.56. The standard InChI is InChI=1S/C26H27N3O2S/c30-26-18-32-25-17-22(8-9-24(25)28-26)31-15-3-12-29-13-10-19(11-14-29)16-21-7-6-20-4-1-2-5-23(20)27-21/h1-2,4-9,16-17H,3,10-15,18H2,(H,28,30). The number of thioether (sulfide) groups is 1. The number of rotatable bonds is 6. The molecule has 3 heterocycles. The number of amides is 1. The molecule has 6 heteroatoms. The van der Waals surface area contributed by atoms with Crippen LogP contribution >= 0.6 is 11.8 Å². The molecule has 1 fully saturated rings. The Labute approximate surface area is 192 Å². The van der Waals surface area contributed by atoms with Crippen LogP contribution in [0.4, 0.5) is 5.69 Å². The molecule has 2 aliphatic heterocycles. The first-order chi connectivity index (χ1) is 15.7. The molecule has 0 atom stereocenters. The van der Waals surface area contributed by atoms with E-state index >= 15 is 0 Å². The van der Waals surface area contributed by atoms with Crippen molar-refractivity contribution in [3.8, 4) is 5.75 Å². The molecule has 0 aliphatic carbocycles. The Kier molecular flexibility index (Phi) is 6.41. The zero-order valence-electron chi connectivity index (χ0n) is 18.0. The molecule has 0 spiro atoms. The molecule has 32 heavy (non-hydrogen) atoms. The lowest BCUT2D eigenvalue weighted by atomic mass is 10.0. The van der Waals surface area contributed by atoms with Crippen LogP contribution in [0.1, 0.15) is 25.0 Å². The minimum absolute atomic E-state index is 0.0595. The summed E-state index contributed by atoms with van der Waals surface area (Å²) in [5.41, 5.74) is 4.48.